The van der Waals surface area contributed by atoms with Crippen molar-refractivity contribution in [2.75, 3.05) is 7.05 Å². The van der Waals surface area contributed by atoms with Gasteiger partial charge in [-0.25, -0.2) is 0 Å². The maximum Gasteiger partial charge on any atom is 0.0542 e. The van der Waals surface area contributed by atoms with Crippen LogP contribution in [0.1, 0.15) is 13.8 Å². The van der Waals surface area contributed by atoms with Crippen molar-refractivity contribution in [2.24, 2.45) is 5.10 Å². The second-order valence-electron chi connectivity index (χ2n) is 2.41. The summed E-state index contributed by atoms with van der Waals surface area (Å²) in [6.45, 7) is 7.77. The molecular formula is C10H16N2. The highest BCUT2D eigenvalue weighted by atomic mass is 15.3. The van der Waals surface area contributed by atoms with Gasteiger partial charge in [-0.05, 0) is 25.0 Å². The van der Waals surface area contributed by atoms with Crippen LogP contribution in [0.5, 0.6) is 0 Å². The standard InChI is InChI=1S/C10H16N2/c1-5-6-7-10(9(2)3)8-12-11-4/h5-8,11H,2H2,1,3-4H3/b6-5-,10-7-,12-8-. The van der Waals surface area contributed by atoms with Crippen LogP contribution >= 0.6 is 0 Å². The van der Waals surface area contributed by atoms with Crippen molar-refractivity contribution in [2.45, 2.75) is 13.8 Å². The molecule has 2 heteroatoms. The van der Waals surface area contributed by atoms with Crippen molar-refractivity contribution < 1.29 is 0 Å². The fraction of sp³-hybridized carbons (Fsp3) is 0.300. The maximum atomic E-state index is 3.91. The van der Waals surface area contributed by atoms with Crippen molar-refractivity contribution in [3.05, 3.63) is 36.0 Å². The quantitative estimate of drug-likeness (QED) is 0.385. The van der Waals surface area contributed by atoms with E-state index in [1.165, 1.54) is 0 Å². The van der Waals surface area contributed by atoms with Gasteiger partial charge in [-0.1, -0.05) is 24.8 Å². The summed E-state index contributed by atoms with van der Waals surface area (Å²) in [5.41, 5.74) is 4.73. The third-order valence-corrected chi connectivity index (χ3v) is 1.29. The molecule has 0 aliphatic heterocycles. The van der Waals surface area contributed by atoms with Gasteiger partial charge in [-0.3, -0.25) is 0 Å². The van der Waals surface area contributed by atoms with Gasteiger partial charge in [-0.15, -0.1) is 0 Å². The first-order chi connectivity index (χ1) is 5.72. The van der Waals surface area contributed by atoms with E-state index >= 15 is 0 Å². The zero-order valence-electron chi connectivity index (χ0n) is 7.96. The molecule has 0 fully saturated rings. The molecule has 2 nitrogen and oxygen atoms in total. The SMILES string of the molecule is C=C(C)C(/C=N\NC)=C\C=C/C. The number of rotatable bonds is 4. The Bertz CT molecular complexity index is 222. The predicted molar refractivity (Wildman–Crippen MR) is 55.3 cm³/mol. The number of hydrogen-bond donors (Lipinski definition) is 1. The second kappa shape index (κ2) is 6.40. The normalized spacial score (nSPS) is 12.8. The van der Waals surface area contributed by atoms with E-state index in [1.54, 1.807) is 13.3 Å². The lowest BCUT2D eigenvalue weighted by molar-refractivity contribution is 0.907. The zero-order valence-corrected chi connectivity index (χ0v) is 7.96. The summed E-state index contributed by atoms with van der Waals surface area (Å²) in [6.07, 6.45) is 7.66. The van der Waals surface area contributed by atoms with E-state index in [0.717, 1.165) is 11.1 Å². The highest BCUT2D eigenvalue weighted by molar-refractivity contribution is 5.84. The zero-order chi connectivity index (χ0) is 9.40. The number of hydrazone groups is 1. The molecule has 0 aromatic rings. The number of nitrogens with zero attached hydrogens (tertiary/aromatic N) is 1. The Hall–Kier alpha value is -1.31. The highest BCUT2D eigenvalue weighted by Gasteiger charge is 1.90. The molecule has 12 heavy (non-hydrogen) atoms. The van der Waals surface area contributed by atoms with Crippen LogP contribution in [0, 0.1) is 0 Å². The van der Waals surface area contributed by atoms with E-state index in [-0.39, 0.29) is 0 Å². The van der Waals surface area contributed by atoms with E-state index < -0.39 is 0 Å². The largest absolute Gasteiger partial charge is 0.313 e. The van der Waals surface area contributed by atoms with Gasteiger partial charge < -0.3 is 5.43 Å². The summed E-state index contributed by atoms with van der Waals surface area (Å²) < 4.78 is 0. The minimum absolute atomic E-state index is 1.01. The molecule has 0 heterocycles. The molecule has 0 unspecified atom stereocenters. The van der Waals surface area contributed by atoms with Gasteiger partial charge >= 0.3 is 0 Å². The maximum absolute atomic E-state index is 3.91. The van der Waals surface area contributed by atoms with Crippen LogP contribution in [0.25, 0.3) is 0 Å². The van der Waals surface area contributed by atoms with E-state index in [9.17, 15) is 0 Å². The van der Waals surface area contributed by atoms with Gasteiger partial charge in [0, 0.05) is 7.05 Å². The Labute approximate surface area is 74.4 Å². The number of nitrogens with one attached hydrogen (secondary N) is 1. The van der Waals surface area contributed by atoms with Crippen molar-refractivity contribution in [3.63, 3.8) is 0 Å². The lowest BCUT2D eigenvalue weighted by Crippen LogP contribution is -1.96. The molecule has 0 atom stereocenters. The topological polar surface area (TPSA) is 24.4 Å². The Morgan fingerprint density at radius 2 is 2.17 bits per heavy atom. The van der Waals surface area contributed by atoms with Crippen molar-refractivity contribution >= 4 is 6.21 Å². The lowest BCUT2D eigenvalue weighted by Gasteiger charge is -1.96. The van der Waals surface area contributed by atoms with Crippen LogP contribution < -0.4 is 5.43 Å². The molecule has 66 valence electrons. The van der Waals surface area contributed by atoms with Gasteiger partial charge in [-0.2, -0.15) is 5.10 Å². The summed E-state index contributed by atoms with van der Waals surface area (Å²) in [5.74, 6) is 0. The van der Waals surface area contributed by atoms with Crippen LogP contribution in [0.2, 0.25) is 0 Å². The molecule has 0 radical (unpaired) electrons. The smallest absolute Gasteiger partial charge is 0.0542 e. The van der Waals surface area contributed by atoms with Gasteiger partial charge in [0.25, 0.3) is 0 Å². The predicted octanol–water partition coefficient (Wildman–Crippen LogP) is 2.27. The Balaban J connectivity index is 4.43. The van der Waals surface area contributed by atoms with Crippen LogP contribution in [0.4, 0.5) is 0 Å². The minimum Gasteiger partial charge on any atom is -0.313 e. The Morgan fingerprint density at radius 3 is 2.58 bits per heavy atom. The molecular weight excluding hydrogens is 148 g/mol. The fourth-order valence-corrected chi connectivity index (χ4v) is 0.629. The van der Waals surface area contributed by atoms with Crippen molar-refractivity contribution in [1.82, 2.24) is 5.43 Å². The van der Waals surface area contributed by atoms with Crippen LogP contribution in [0.3, 0.4) is 0 Å². The fourth-order valence-electron chi connectivity index (χ4n) is 0.629. The average molecular weight is 164 g/mol. The monoisotopic (exact) mass is 164 g/mol. The second-order valence-corrected chi connectivity index (χ2v) is 2.41. The molecule has 1 N–H and O–H groups in total. The van der Waals surface area contributed by atoms with E-state index in [0.29, 0.717) is 0 Å². The van der Waals surface area contributed by atoms with Crippen LogP contribution in [0.15, 0.2) is 41.1 Å². The average Bonchev–Trinajstić information content (AvgIpc) is 2.04. The number of hydrogen-bond acceptors (Lipinski definition) is 2. The first-order valence-electron chi connectivity index (χ1n) is 3.91. The lowest BCUT2D eigenvalue weighted by atomic mass is 10.1. The van der Waals surface area contributed by atoms with E-state index in [2.05, 4.69) is 17.1 Å². The molecule has 0 aromatic heterocycles. The summed E-state index contributed by atoms with van der Waals surface area (Å²) >= 11 is 0. The molecule has 0 amide bonds. The molecule has 0 aliphatic rings. The number of allylic oxidation sites excluding steroid dienone is 5. The molecule has 0 saturated heterocycles. The third-order valence-electron chi connectivity index (χ3n) is 1.29. The molecule has 0 bridgehead atoms. The van der Waals surface area contributed by atoms with Gasteiger partial charge in [0.2, 0.25) is 0 Å². The highest BCUT2D eigenvalue weighted by Crippen LogP contribution is 2.03. The Kier molecular flexibility index (Phi) is 5.70. The molecule has 0 rings (SSSR count). The van der Waals surface area contributed by atoms with Crippen LogP contribution in [-0.4, -0.2) is 13.3 Å². The Morgan fingerprint density at radius 1 is 1.50 bits per heavy atom. The van der Waals surface area contributed by atoms with Gasteiger partial charge in [0.05, 0.1) is 6.21 Å². The van der Waals surface area contributed by atoms with Crippen molar-refractivity contribution in [3.8, 4) is 0 Å². The van der Waals surface area contributed by atoms with Gasteiger partial charge in [0.15, 0.2) is 0 Å². The molecule has 0 spiro atoms. The van der Waals surface area contributed by atoms with Gasteiger partial charge in [0.1, 0.15) is 0 Å². The summed E-state index contributed by atoms with van der Waals surface area (Å²) in [4.78, 5) is 0. The van der Waals surface area contributed by atoms with Crippen molar-refractivity contribution in [1.29, 1.82) is 0 Å². The minimum atomic E-state index is 1.01. The summed E-state index contributed by atoms with van der Waals surface area (Å²) in [6, 6.07) is 0. The van der Waals surface area contributed by atoms with E-state index in [1.807, 2.05) is 32.1 Å². The molecule has 0 aromatic carbocycles. The summed E-state index contributed by atoms with van der Waals surface area (Å²) in [5, 5.41) is 3.91. The van der Waals surface area contributed by atoms with E-state index in [4.69, 9.17) is 0 Å². The molecule has 0 aliphatic carbocycles. The molecule has 0 saturated carbocycles. The van der Waals surface area contributed by atoms with Crippen LogP contribution in [-0.2, 0) is 0 Å². The first kappa shape index (κ1) is 10.7. The third kappa shape index (κ3) is 4.50. The summed E-state index contributed by atoms with van der Waals surface area (Å²) in [7, 11) is 1.77. The first-order valence-corrected chi connectivity index (χ1v) is 3.91.